The first-order valence-corrected chi connectivity index (χ1v) is 13.0. The van der Waals surface area contributed by atoms with Crippen molar-refractivity contribution < 1.29 is 37.9 Å². The quantitative estimate of drug-likeness (QED) is 0.148. The molecule has 0 radical (unpaired) electrons. The van der Waals surface area contributed by atoms with Gasteiger partial charge in [0.2, 0.25) is 0 Å². The summed E-state index contributed by atoms with van der Waals surface area (Å²) in [5, 5.41) is 0.728. The van der Waals surface area contributed by atoms with Crippen molar-refractivity contribution in [3.05, 3.63) is 23.8 Å². The molecule has 0 spiro atoms. The predicted molar refractivity (Wildman–Crippen MR) is 136 cm³/mol. The number of alkyl halides is 1. The van der Waals surface area contributed by atoms with E-state index in [1.54, 1.807) is 14.2 Å². The molecule has 0 saturated heterocycles. The van der Waals surface area contributed by atoms with E-state index in [-0.39, 0.29) is 12.2 Å². The van der Waals surface area contributed by atoms with Gasteiger partial charge in [-0.3, -0.25) is 0 Å². The number of benzene rings is 1. The summed E-state index contributed by atoms with van der Waals surface area (Å²) in [4.78, 5) is 0. The van der Waals surface area contributed by atoms with Gasteiger partial charge in [0.05, 0.1) is 78.3 Å². The first kappa shape index (κ1) is 31.1. The Labute approximate surface area is 213 Å². The topological polar surface area (TPSA) is 73.8 Å². The number of hydrogen-bond acceptors (Lipinski definition) is 8. The van der Waals surface area contributed by atoms with Gasteiger partial charge in [-0.25, -0.2) is 0 Å². The average molecular weight is 552 g/mol. The van der Waals surface area contributed by atoms with E-state index in [1.807, 2.05) is 32.0 Å². The minimum atomic E-state index is 0.0907. The summed E-state index contributed by atoms with van der Waals surface area (Å²) >= 11 is 3.52. The van der Waals surface area contributed by atoms with E-state index >= 15 is 0 Å². The van der Waals surface area contributed by atoms with Crippen LogP contribution in [0.4, 0.5) is 0 Å². The highest BCUT2D eigenvalue weighted by molar-refractivity contribution is 9.08. The molecule has 0 amide bonds. The number of ether oxygens (including phenoxy) is 8. The van der Waals surface area contributed by atoms with Crippen molar-refractivity contribution >= 4 is 15.9 Å². The Hall–Kier alpha value is -0.940. The lowest BCUT2D eigenvalue weighted by Gasteiger charge is -2.16. The summed E-state index contributed by atoms with van der Waals surface area (Å²) in [5.74, 6) is 1.58. The highest BCUT2D eigenvalue weighted by Crippen LogP contribution is 2.25. The molecule has 0 aromatic heterocycles. The Morgan fingerprint density at radius 3 is 1.47 bits per heavy atom. The van der Waals surface area contributed by atoms with Gasteiger partial charge in [-0.05, 0) is 31.5 Å². The fraction of sp³-hybridized carbons (Fsp3) is 0.760. The monoisotopic (exact) mass is 550 g/mol. The molecule has 1 aromatic carbocycles. The molecule has 8 nitrogen and oxygen atoms in total. The van der Waals surface area contributed by atoms with Crippen molar-refractivity contribution in [1.29, 1.82) is 0 Å². The van der Waals surface area contributed by atoms with Crippen LogP contribution in [0.1, 0.15) is 32.3 Å². The van der Waals surface area contributed by atoms with Crippen LogP contribution in [-0.2, 0) is 33.8 Å². The highest BCUT2D eigenvalue weighted by atomic mass is 79.9. The van der Waals surface area contributed by atoms with Gasteiger partial charge >= 0.3 is 0 Å². The Kier molecular flexibility index (Phi) is 19.5. The van der Waals surface area contributed by atoms with Gasteiger partial charge < -0.3 is 37.9 Å². The van der Waals surface area contributed by atoms with Crippen LogP contribution in [0, 0.1) is 0 Å². The number of hydrogen-bond donors (Lipinski definition) is 0. The molecule has 0 N–H and O–H groups in total. The fourth-order valence-corrected chi connectivity index (χ4v) is 3.16. The largest absolute Gasteiger partial charge is 0.493 e. The summed E-state index contributed by atoms with van der Waals surface area (Å²) in [6, 6.07) is 5.97. The molecule has 2 atom stereocenters. The lowest BCUT2D eigenvalue weighted by atomic mass is 10.2. The molecule has 1 aromatic rings. The lowest BCUT2D eigenvalue weighted by molar-refractivity contribution is -0.00631. The van der Waals surface area contributed by atoms with Crippen molar-refractivity contribution in [3.63, 3.8) is 0 Å². The summed E-state index contributed by atoms with van der Waals surface area (Å²) in [7, 11) is 3.32. The summed E-state index contributed by atoms with van der Waals surface area (Å²) in [6.07, 6.45) is 1.76. The van der Waals surface area contributed by atoms with Gasteiger partial charge in [0.25, 0.3) is 0 Å². The van der Waals surface area contributed by atoms with Gasteiger partial charge in [-0.2, -0.15) is 0 Å². The van der Waals surface area contributed by atoms with Crippen molar-refractivity contribution in [2.45, 2.75) is 44.2 Å². The first-order valence-electron chi connectivity index (χ1n) is 11.9. The standard InChI is InChI=1S/C25H43BrO8/c1-21(31-15-13-29-11-9-27-3)5-7-33-24-17-23(20-26)18-25(19-24)34-8-6-22(2)32-16-14-30-12-10-28-4/h17-19,21-22H,5-16,20H2,1-4H3. The molecule has 9 heteroatoms. The van der Waals surface area contributed by atoms with Crippen LogP contribution in [0.3, 0.4) is 0 Å². The van der Waals surface area contributed by atoms with E-state index in [1.165, 1.54) is 0 Å². The van der Waals surface area contributed by atoms with E-state index in [4.69, 9.17) is 37.9 Å². The van der Waals surface area contributed by atoms with E-state index in [2.05, 4.69) is 15.9 Å². The highest BCUT2D eigenvalue weighted by Gasteiger charge is 2.08. The minimum Gasteiger partial charge on any atom is -0.493 e. The molecule has 34 heavy (non-hydrogen) atoms. The zero-order chi connectivity index (χ0) is 24.9. The molecular weight excluding hydrogens is 508 g/mol. The summed E-state index contributed by atoms with van der Waals surface area (Å²) < 4.78 is 44.1. The molecule has 198 valence electrons. The molecule has 0 heterocycles. The molecule has 1 rings (SSSR count). The van der Waals surface area contributed by atoms with Crippen molar-refractivity contribution in [2.75, 3.05) is 80.3 Å². The third-order valence-corrected chi connectivity index (χ3v) is 5.45. The van der Waals surface area contributed by atoms with Crippen molar-refractivity contribution in [3.8, 4) is 11.5 Å². The van der Waals surface area contributed by atoms with E-state index in [9.17, 15) is 0 Å². The Morgan fingerprint density at radius 2 is 1.06 bits per heavy atom. The zero-order valence-electron chi connectivity index (χ0n) is 21.2. The number of methoxy groups -OCH3 is 2. The Bertz CT molecular complexity index is 558. The average Bonchev–Trinajstić information content (AvgIpc) is 2.83. The van der Waals surface area contributed by atoms with Gasteiger partial charge in [-0.1, -0.05) is 15.9 Å². The van der Waals surface area contributed by atoms with Crippen molar-refractivity contribution in [1.82, 2.24) is 0 Å². The predicted octanol–water partition coefficient (Wildman–Crippen LogP) is 4.26. The molecule has 0 aliphatic rings. The second-order valence-electron chi connectivity index (χ2n) is 7.79. The Balaban J connectivity index is 2.27. The van der Waals surface area contributed by atoms with Gasteiger partial charge in [-0.15, -0.1) is 0 Å². The second-order valence-corrected chi connectivity index (χ2v) is 8.35. The third kappa shape index (κ3) is 16.6. The normalized spacial score (nSPS) is 13.1. The maximum atomic E-state index is 5.96. The number of halogens is 1. The van der Waals surface area contributed by atoms with Crippen LogP contribution >= 0.6 is 15.9 Å². The van der Waals surface area contributed by atoms with Crippen molar-refractivity contribution in [2.24, 2.45) is 0 Å². The van der Waals surface area contributed by atoms with E-state index in [0.29, 0.717) is 66.1 Å². The molecule has 0 aliphatic heterocycles. The van der Waals surface area contributed by atoms with E-state index < -0.39 is 0 Å². The lowest BCUT2D eigenvalue weighted by Crippen LogP contribution is -2.17. The molecule has 2 unspecified atom stereocenters. The second kappa shape index (κ2) is 21.4. The molecule has 0 aliphatic carbocycles. The van der Waals surface area contributed by atoms with Gasteiger partial charge in [0.1, 0.15) is 11.5 Å². The summed E-state index contributed by atoms with van der Waals surface area (Å²) in [5.41, 5.74) is 1.10. The van der Waals surface area contributed by atoms with E-state index in [0.717, 1.165) is 35.2 Å². The van der Waals surface area contributed by atoms with Crippen LogP contribution < -0.4 is 9.47 Å². The maximum absolute atomic E-state index is 5.96. The summed E-state index contributed by atoms with van der Waals surface area (Å²) in [6.45, 7) is 9.82. The van der Waals surface area contributed by atoms with Crippen LogP contribution in [0.5, 0.6) is 11.5 Å². The van der Waals surface area contributed by atoms with Gasteiger partial charge in [0.15, 0.2) is 0 Å². The minimum absolute atomic E-state index is 0.0907. The maximum Gasteiger partial charge on any atom is 0.123 e. The van der Waals surface area contributed by atoms with Crippen LogP contribution in [-0.4, -0.2) is 92.5 Å². The van der Waals surface area contributed by atoms with Crippen LogP contribution in [0.25, 0.3) is 0 Å². The smallest absolute Gasteiger partial charge is 0.123 e. The molecule has 0 fully saturated rings. The number of rotatable bonds is 23. The van der Waals surface area contributed by atoms with Crippen LogP contribution in [0.2, 0.25) is 0 Å². The third-order valence-electron chi connectivity index (χ3n) is 4.80. The zero-order valence-corrected chi connectivity index (χ0v) is 22.8. The van der Waals surface area contributed by atoms with Crippen LogP contribution in [0.15, 0.2) is 18.2 Å². The Morgan fingerprint density at radius 1 is 0.618 bits per heavy atom. The fourth-order valence-electron chi connectivity index (χ4n) is 2.83. The molecular formula is C25H43BrO8. The SMILES string of the molecule is COCCOCCOC(C)CCOc1cc(CBr)cc(OCCC(C)OCCOCCOC)c1. The van der Waals surface area contributed by atoms with Gasteiger partial charge in [0, 0.05) is 38.5 Å². The first-order chi connectivity index (χ1) is 16.6. The molecule has 0 bridgehead atoms. The molecule has 0 saturated carbocycles.